The van der Waals surface area contributed by atoms with Gasteiger partial charge < -0.3 is 4.57 Å². The molecular weight excluding hydrogens is 701 g/mol. The Morgan fingerprint density at radius 3 is 1.57 bits per heavy atom. The maximum atomic E-state index is 5.38. The monoisotopic (exact) mass is 730 g/mol. The molecule has 3 aromatic heterocycles. The number of hydrogen-bond donors (Lipinski definition) is 0. The number of benzene rings is 9. The van der Waals surface area contributed by atoms with Gasteiger partial charge >= 0.3 is 0 Å². The third-order valence-electron chi connectivity index (χ3n) is 11.2. The first-order valence-electron chi connectivity index (χ1n) is 18.8. The Balaban J connectivity index is 1.21. The highest BCUT2D eigenvalue weighted by atomic mass is 32.1. The van der Waals surface area contributed by atoms with Crippen LogP contribution in [0.4, 0.5) is 0 Å². The Hall–Kier alpha value is -7.21. The average molecular weight is 731 g/mol. The summed E-state index contributed by atoms with van der Waals surface area (Å²) in [7, 11) is 0. The van der Waals surface area contributed by atoms with Gasteiger partial charge in [-0.05, 0) is 74.8 Å². The standard InChI is InChI=1S/C51H30N4S/c1-3-13-33-27-37(23-21-31(33)11-1)49-52-50(38-24-22-32-12-2-4-14-34(32)28-38)54-51(53-49)42-26-25-41-40-18-8-10-20-46(40)56-48(41)47(42)55-44-19-9-7-17-39(44)43-29-35-15-5-6-16-36(35)30-45(43)55/h1-30H. The van der Waals surface area contributed by atoms with Crippen molar-refractivity contribution in [2.24, 2.45) is 0 Å². The largest absolute Gasteiger partial charge is 0.307 e. The van der Waals surface area contributed by atoms with Crippen LogP contribution in [0, 0.1) is 0 Å². The van der Waals surface area contributed by atoms with Gasteiger partial charge in [0.15, 0.2) is 17.5 Å². The zero-order chi connectivity index (χ0) is 36.7. The van der Waals surface area contributed by atoms with Crippen molar-refractivity contribution in [1.29, 1.82) is 0 Å². The van der Waals surface area contributed by atoms with E-state index in [0.29, 0.717) is 17.5 Å². The van der Waals surface area contributed by atoms with Gasteiger partial charge in [0.05, 0.1) is 21.4 Å². The lowest BCUT2D eigenvalue weighted by atomic mass is 10.0. The molecule has 0 saturated carbocycles. The van der Waals surface area contributed by atoms with Gasteiger partial charge in [0.1, 0.15) is 0 Å². The number of aromatic nitrogens is 4. The molecule has 0 amide bonds. The first kappa shape index (κ1) is 31.2. The summed E-state index contributed by atoms with van der Waals surface area (Å²) >= 11 is 1.83. The summed E-state index contributed by atoms with van der Waals surface area (Å²) in [6.07, 6.45) is 0. The molecule has 12 aromatic rings. The van der Waals surface area contributed by atoms with E-state index in [4.69, 9.17) is 15.0 Å². The Morgan fingerprint density at radius 1 is 0.357 bits per heavy atom. The van der Waals surface area contributed by atoms with Crippen LogP contribution in [0.25, 0.3) is 114 Å². The molecule has 3 heterocycles. The molecule has 0 bridgehead atoms. The van der Waals surface area contributed by atoms with Gasteiger partial charge in [-0.3, -0.25) is 0 Å². The van der Waals surface area contributed by atoms with Crippen molar-refractivity contribution in [2.45, 2.75) is 0 Å². The van der Waals surface area contributed by atoms with E-state index in [1.54, 1.807) is 0 Å². The van der Waals surface area contributed by atoms with Crippen molar-refractivity contribution in [3.8, 4) is 39.9 Å². The summed E-state index contributed by atoms with van der Waals surface area (Å²) < 4.78 is 4.90. The number of fused-ring (bicyclic) bond motifs is 9. The number of hydrogen-bond acceptors (Lipinski definition) is 4. The van der Waals surface area contributed by atoms with Crippen LogP contribution in [-0.2, 0) is 0 Å². The fourth-order valence-corrected chi connectivity index (χ4v) is 9.72. The summed E-state index contributed by atoms with van der Waals surface area (Å²) in [5.41, 5.74) is 6.21. The van der Waals surface area contributed by atoms with Gasteiger partial charge in [0.25, 0.3) is 0 Å². The minimum Gasteiger partial charge on any atom is -0.307 e. The molecule has 5 heteroatoms. The lowest BCUT2D eigenvalue weighted by Gasteiger charge is -2.16. The van der Waals surface area contributed by atoms with Crippen LogP contribution < -0.4 is 0 Å². The molecule has 0 fully saturated rings. The lowest BCUT2D eigenvalue weighted by Crippen LogP contribution is -2.04. The third kappa shape index (κ3) is 4.81. The summed E-state index contributed by atoms with van der Waals surface area (Å²) in [6.45, 7) is 0. The maximum Gasteiger partial charge on any atom is 0.166 e. The Kier molecular flexibility index (Phi) is 6.76. The van der Waals surface area contributed by atoms with Crippen molar-refractivity contribution in [3.05, 3.63) is 182 Å². The zero-order valence-electron chi connectivity index (χ0n) is 30.0. The Labute approximate surface area is 325 Å². The van der Waals surface area contributed by atoms with E-state index in [-0.39, 0.29) is 0 Å². The molecular formula is C51H30N4S. The quantitative estimate of drug-likeness (QED) is 0.181. The van der Waals surface area contributed by atoms with Crippen molar-refractivity contribution in [1.82, 2.24) is 19.5 Å². The predicted octanol–water partition coefficient (Wildman–Crippen LogP) is 13.8. The highest BCUT2D eigenvalue weighted by molar-refractivity contribution is 7.26. The van der Waals surface area contributed by atoms with E-state index < -0.39 is 0 Å². The fraction of sp³-hybridized carbons (Fsp3) is 0. The second kappa shape index (κ2) is 12.2. The van der Waals surface area contributed by atoms with Gasteiger partial charge in [-0.25, -0.2) is 15.0 Å². The summed E-state index contributed by atoms with van der Waals surface area (Å²) in [5.74, 6) is 1.91. The van der Waals surface area contributed by atoms with Crippen molar-refractivity contribution in [3.63, 3.8) is 0 Å². The summed E-state index contributed by atoms with van der Waals surface area (Å²) in [6, 6.07) is 65.1. The van der Waals surface area contributed by atoms with E-state index in [2.05, 4.69) is 187 Å². The van der Waals surface area contributed by atoms with Crippen LogP contribution in [0.2, 0.25) is 0 Å². The van der Waals surface area contributed by atoms with Crippen LogP contribution in [-0.4, -0.2) is 19.5 Å². The van der Waals surface area contributed by atoms with E-state index >= 15 is 0 Å². The minimum absolute atomic E-state index is 0.632. The smallest absolute Gasteiger partial charge is 0.166 e. The van der Waals surface area contributed by atoms with Gasteiger partial charge in [-0.15, -0.1) is 11.3 Å². The molecule has 260 valence electrons. The molecule has 0 saturated heterocycles. The molecule has 0 N–H and O–H groups in total. The molecule has 0 aliphatic carbocycles. The van der Waals surface area contributed by atoms with E-state index in [9.17, 15) is 0 Å². The second-order valence-electron chi connectivity index (χ2n) is 14.4. The highest BCUT2D eigenvalue weighted by Gasteiger charge is 2.24. The van der Waals surface area contributed by atoms with E-state index in [0.717, 1.165) is 44.2 Å². The molecule has 0 atom stereocenters. The fourth-order valence-electron chi connectivity index (χ4n) is 8.48. The minimum atomic E-state index is 0.632. The summed E-state index contributed by atoms with van der Waals surface area (Å²) in [5, 5.41) is 12.0. The second-order valence-corrected chi connectivity index (χ2v) is 15.5. The first-order valence-corrected chi connectivity index (χ1v) is 19.7. The molecule has 9 aromatic carbocycles. The average Bonchev–Trinajstić information content (AvgIpc) is 3.80. The van der Waals surface area contributed by atoms with Gasteiger partial charge in [0.2, 0.25) is 0 Å². The van der Waals surface area contributed by atoms with Crippen molar-refractivity contribution >= 4 is 85.6 Å². The topological polar surface area (TPSA) is 43.6 Å². The molecule has 0 spiro atoms. The Bertz CT molecular complexity index is 3460. The van der Waals surface area contributed by atoms with Crippen LogP contribution in [0.5, 0.6) is 0 Å². The van der Waals surface area contributed by atoms with Crippen LogP contribution in [0.1, 0.15) is 0 Å². The van der Waals surface area contributed by atoms with Crippen LogP contribution in [0.3, 0.4) is 0 Å². The van der Waals surface area contributed by atoms with Gasteiger partial charge in [0, 0.05) is 42.9 Å². The molecule has 0 aliphatic rings. The molecule has 0 radical (unpaired) electrons. The number of nitrogens with zero attached hydrogens (tertiary/aromatic N) is 4. The molecule has 4 nitrogen and oxygen atoms in total. The van der Waals surface area contributed by atoms with Gasteiger partial charge in [-0.2, -0.15) is 0 Å². The van der Waals surface area contributed by atoms with Crippen LogP contribution in [0.15, 0.2) is 182 Å². The third-order valence-corrected chi connectivity index (χ3v) is 12.4. The van der Waals surface area contributed by atoms with E-state index in [1.807, 2.05) is 11.3 Å². The zero-order valence-corrected chi connectivity index (χ0v) is 30.8. The molecule has 12 rings (SSSR count). The van der Waals surface area contributed by atoms with Gasteiger partial charge in [-0.1, -0.05) is 140 Å². The molecule has 56 heavy (non-hydrogen) atoms. The Morgan fingerprint density at radius 2 is 0.893 bits per heavy atom. The lowest BCUT2D eigenvalue weighted by molar-refractivity contribution is 1.07. The number of para-hydroxylation sites is 1. The van der Waals surface area contributed by atoms with Crippen molar-refractivity contribution in [2.75, 3.05) is 0 Å². The normalized spacial score (nSPS) is 11.9. The van der Waals surface area contributed by atoms with Crippen molar-refractivity contribution < 1.29 is 0 Å². The predicted molar refractivity (Wildman–Crippen MR) is 236 cm³/mol. The first-order chi connectivity index (χ1) is 27.7. The molecule has 0 unspecified atom stereocenters. The maximum absolute atomic E-state index is 5.38. The SMILES string of the molecule is c1ccc2cc(-c3nc(-c4ccc5ccccc5c4)nc(-c4ccc5c(sc6ccccc65)c4-n4c5ccccc5c5cc6ccccc6cc54)n3)ccc2c1. The number of rotatable bonds is 4. The van der Waals surface area contributed by atoms with Crippen LogP contribution >= 0.6 is 11.3 Å². The number of thiophene rings is 1. The molecule has 0 aliphatic heterocycles. The summed E-state index contributed by atoms with van der Waals surface area (Å²) in [4.78, 5) is 16.0. The van der Waals surface area contributed by atoms with E-state index in [1.165, 1.54) is 52.5 Å². The highest BCUT2D eigenvalue weighted by Crippen LogP contribution is 2.45.